The Balaban J connectivity index is 1.36. The van der Waals surface area contributed by atoms with E-state index >= 15 is 0 Å². The van der Waals surface area contributed by atoms with Crippen molar-refractivity contribution in [3.63, 3.8) is 0 Å². The van der Waals surface area contributed by atoms with Crippen molar-refractivity contribution in [2.75, 3.05) is 19.8 Å². The summed E-state index contributed by atoms with van der Waals surface area (Å²) in [7, 11) is 0. The van der Waals surface area contributed by atoms with Crippen LogP contribution in [-0.4, -0.2) is 48.6 Å². The number of benzene rings is 5. The summed E-state index contributed by atoms with van der Waals surface area (Å²) in [6.45, 7) is 12.9. The summed E-state index contributed by atoms with van der Waals surface area (Å²) >= 11 is 0. The molecule has 0 aliphatic carbocycles. The Morgan fingerprint density at radius 1 is 0.660 bits per heavy atom. The molecule has 1 saturated heterocycles. The minimum Gasteiger partial charge on any atom is -0.489 e. The molecule has 4 atom stereocenters. The van der Waals surface area contributed by atoms with E-state index in [0.717, 1.165) is 35.5 Å². The Bertz CT molecular complexity index is 1740. The Labute approximate surface area is 317 Å². The molecule has 0 bridgehead atoms. The van der Waals surface area contributed by atoms with E-state index in [1.165, 1.54) is 11.1 Å². The van der Waals surface area contributed by atoms with Crippen molar-refractivity contribution in [3.05, 3.63) is 173 Å². The van der Waals surface area contributed by atoms with E-state index in [1.807, 2.05) is 24.3 Å². The van der Waals surface area contributed by atoms with Gasteiger partial charge in [-0.05, 0) is 52.3 Å². The molecule has 6 nitrogen and oxygen atoms in total. The van der Waals surface area contributed by atoms with Crippen molar-refractivity contribution in [1.29, 1.82) is 0 Å². The van der Waals surface area contributed by atoms with Crippen molar-refractivity contribution in [1.82, 2.24) is 10.2 Å². The van der Waals surface area contributed by atoms with Crippen molar-refractivity contribution < 1.29 is 18.9 Å². The van der Waals surface area contributed by atoms with Gasteiger partial charge in [-0.1, -0.05) is 154 Å². The SMILES string of the molecule is CC1NC([C@@](Cc2cccc(OCc3ccccc3)c2)(CN(Cc2ccccc2)Cc2ccccc2)OCc2ccccc2)COC1OCC(C)(C)C. The van der Waals surface area contributed by atoms with Crippen LogP contribution in [0.3, 0.4) is 0 Å². The molecular weight excluding hydrogens is 657 g/mol. The molecule has 0 amide bonds. The second-order valence-electron chi connectivity index (χ2n) is 15.6. The van der Waals surface area contributed by atoms with Gasteiger partial charge in [-0.15, -0.1) is 0 Å². The van der Waals surface area contributed by atoms with Crippen molar-refractivity contribution in [3.8, 4) is 5.75 Å². The van der Waals surface area contributed by atoms with Crippen LogP contribution in [-0.2, 0) is 46.9 Å². The zero-order valence-electron chi connectivity index (χ0n) is 31.8. The summed E-state index contributed by atoms with van der Waals surface area (Å²) in [5.41, 5.74) is 5.25. The minimum atomic E-state index is -0.708. The fourth-order valence-corrected chi connectivity index (χ4v) is 6.96. The molecule has 5 aromatic rings. The quantitative estimate of drug-likeness (QED) is 0.104. The maximum absolute atomic E-state index is 7.37. The number of hydrogen-bond donors (Lipinski definition) is 1. The first kappa shape index (κ1) is 38.4. The van der Waals surface area contributed by atoms with Gasteiger partial charge in [-0.3, -0.25) is 4.90 Å². The summed E-state index contributed by atoms with van der Waals surface area (Å²) in [6, 6.07) is 50.5. The Morgan fingerprint density at radius 2 is 1.19 bits per heavy atom. The molecule has 0 spiro atoms. The van der Waals surface area contributed by atoms with Crippen LogP contribution in [0.4, 0.5) is 0 Å². The highest BCUT2D eigenvalue weighted by Gasteiger charge is 2.46. The van der Waals surface area contributed by atoms with Crippen molar-refractivity contribution in [2.24, 2.45) is 5.41 Å². The molecule has 0 aromatic heterocycles. The fraction of sp³-hybridized carbons (Fsp3) is 0.362. The lowest BCUT2D eigenvalue weighted by Crippen LogP contribution is -2.67. The van der Waals surface area contributed by atoms with Crippen LogP contribution < -0.4 is 10.1 Å². The highest BCUT2D eigenvalue weighted by Crippen LogP contribution is 2.32. The van der Waals surface area contributed by atoms with Gasteiger partial charge >= 0.3 is 0 Å². The molecule has 0 radical (unpaired) electrons. The third-order valence-electron chi connectivity index (χ3n) is 9.62. The van der Waals surface area contributed by atoms with Gasteiger partial charge in [0.2, 0.25) is 0 Å². The fourth-order valence-electron chi connectivity index (χ4n) is 6.96. The topological polar surface area (TPSA) is 52.2 Å². The van der Waals surface area contributed by atoms with Gasteiger partial charge in [-0.2, -0.15) is 0 Å². The molecule has 1 aliphatic heterocycles. The maximum Gasteiger partial charge on any atom is 0.172 e. The first-order valence-corrected chi connectivity index (χ1v) is 19.0. The molecule has 5 aromatic carbocycles. The lowest BCUT2D eigenvalue weighted by Gasteiger charge is -2.48. The minimum absolute atomic E-state index is 0.0332. The van der Waals surface area contributed by atoms with Crippen LogP contribution in [0.5, 0.6) is 5.75 Å². The van der Waals surface area contributed by atoms with Crippen LogP contribution >= 0.6 is 0 Å². The van der Waals surface area contributed by atoms with E-state index < -0.39 is 5.60 Å². The number of nitrogens with zero attached hydrogens (tertiary/aromatic N) is 1. The van der Waals surface area contributed by atoms with E-state index in [9.17, 15) is 0 Å². The van der Waals surface area contributed by atoms with Gasteiger partial charge in [0.15, 0.2) is 6.29 Å². The number of ether oxygens (including phenoxy) is 4. The molecule has 3 unspecified atom stereocenters. The first-order valence-electron chi connectivity index (χ1n) is 19.0. The predicted molar refractivity (Wildman–Crippen MR) is 213 cm³/mol. The standard InChI is InChI=1S/C47H56N2O4/c1-37-45(52-36-46(2,3)4)51-34-44(48-37)47(53-33-41-24-15-8-16-25-41,29-42-26-17-27-43(28-42)50-32-40-22-13-7-14-23-40)35-49(30-38-18-9-5-10-19-38)31-39-20-11-6-12-21-39/h5-28,37,44-45,48H,29-36H2,1-4H3/t37?,44?,45?,47-/m1/s1. The second-order valence-corrected chi connectivity index (χ2v) is 15.6. The monoisotopic (exact) mass is 712 g/mol. The number of rotatable bonds is 17. The zero-order valence-corrected chi connectivity index (χ0v) is 31.8. The lowest BCUT2D eigenvalue weighted by atomic mass is 9.84. The molecule has 1 N–H and O–H groups in total. The van der Waals surface area contributed by atoms with Gasteiger partial charge < -0.3 is 24.3 Å². The van der Waals surface area contributed by atoms with Gasteiger partial charge in [0.25, 0.3) is 0 Å². The van der Waals surface area contributed by atoms with Gasteiger partial charge in [0.05, 0.1) is 31.9 Å². The third-order valence-corrected chi connectivity index (χ3v) is 9.62. The third kappa shape index (κ3) is 11.8. The largest absolute Gasteiger partial charge is 0.489 e. The molecule has 1 fully saturated rings. The number of hydrogen-bond acceptors (Lipinski definition) is 6. The molecular formula is C47H56N2O4. The van der Waals surface area contributed by atoms with E-state index in [-0.39, 0.29) is 23.8 Å². The number of morpholine rings is 1. The highest BCUT2D eigenvalue weighted by molar-refractivity contribution is 5.31. The van der Waals surface area contributed by atoms with Gasteiger partial charge in [-0.25, -0.2) is 0 Å². The molecule has 0 saturated carbocycles. The average molecular weight is 713 g/mol. The van der Waals surface area contributed by atoms with E-state index in [2.05, 4.69) is 159 Å². The Hall–Kier alpha value is -4.30. The van der Waals surface area contributed by atoms with Crippen LogP contribution in [0.2, 0.25) is 0 Å². The molecule has 1 heterocycles. The van der Waals surface area contributed by atoms with E-state index in [1.54, 1.807) is 0 Å². The molecule has 1 aliphatic rings. The van der Waals surface area contributed by atoms with Gasteiger partial charge in [0.1, 0.15) is 18.0 Å². The molecule has 6 heteroatoms. The Morgan fingerprint density at radius 3 is 1.74 bits per heavy atom. The normalized spacial score (nSPS) is 18.8. The number of nitrogens with one attached hydrogen (secondary N) is 1. The molecule has 6 rings (SSSR count). The second kappa shape index (κ2) is 18.6. The molecule has 278 valence electrons. The van der Waals surface area contributed by atoms with Crippen molar-refractivity contribution >= 4 is 0 Å². The van der Waals surface area contributed by atoms with E-state index in [0.29, 0.717) is 39.4 Å². The van der Waals surface area contributed by atoms with Crippen molar-refractivity contribution in [2.45, 2.75) is 84.4 Å². The lowest BCUT2D eigenvalue weighted by molar-refractivity contribution is -0.218. The molecule has 53 heavy (non-hydrogen) atoms. The summed E-state index contributed by atoms with van der Waals surface area (Å²) in [5, 5.41) is 3.96. The summed E-state index contributed by atoms with van der Waals surface area (Å²) < 4.78 is 26.7. The van der Waals surface area contributed by atoms with Crippen LogP contribution in [0.15, 0.2) is 146 Å². The summed E-state index contributed by atoms with van der Waals surface area (Å²) in [4.78, 5) is 2.53. The average Bonchev–Trinajstić information content (AvgIpc) is 3.17. The Kier molecular flexibility index (Phi) is 13.5. The van der Waals surface area contributed by atoms with Crippen LogP contribution in [0.25, 0.3) is 0 Å². The summed E-state index contributed by atoms with van der Waals surface area (Å²) in [5.74, 6) is 0.839. The maximum atomic E-state index is 7.37. The van der Waals surface area contributed by atoms with Crippen LogP contribution in [0.1, 0.15) is 55.5 Å². The zero-order chi connectivity index (χ0) is 36.9. The van der Waals surface area contributed by atoms with E-state index in [4.69, 9.17) is 18.9 Å². The summed E-state index contributed by atoms with van der Waals surface area (Å²) in [6.07, 6.45) is 0.292. The smallest absolute Gasteiger partial charge is 0.172 e. The predicted octanol–water partition coefficient (Wildman–Crippen LogP) is 9.23. The van der Waals surface area contributed by atoms with Crippen LogP contribution in [0, 0.1) is 5.41 Å². The van der Waals surface area contributed by atoms with Gasteiger partial charge in [0, 0.05) is 26.1 Å². The highest BCUT2D eigenvalue weighted by atomic mass is 16.7. The first-order chi connectivity index (χ1) is 25.7.